The summed E-state index contributed by atoms with van der Waals surface area (Å²) in [6.07, 6.45) is 0. The van der Waals surface area contributed by atoms with Crippen LogP contribution in [0.5, 0.6) is 0 Å². The molecule has 0 fully saturated rings. The molecule has 0 amide bonds. The maximum Gasteiger partial charge on any atom is 0.259 e. The maximum absolute atomic E-state index is 6.21. The van der Waals surface area contributed by atoms with Crippen molar-refractivity contribution in [2.24, 2.45) is 5.73 Å². The molecule has 4 nitrogen and oxygen atoms in total. The van der Waals surface area contributed by atoms with Crippen LogP contribution in [-0.2, 0) is 6.54 Å². The number of halogens is 1. The van der Waals surface area contributed by atoms with E-state index in [2.05, 4.69) is 10.1 Å². The molecule has 0 saturated heterocycles. The van der Waals surface area contributed by atoms with E-state index >= 15 is 0 Å². The summed E-state index contributed by atoms with van der Waals surface area (Å²) in [5, 5.41) is 4.53. The predicted molar refractivity (Wildman–Crippen MR) is 78.1 cm³/mol. The second-order valence-electron chi connectivity index (χ2n) is 4.31. The van der Waals surface area contributed by atoms with Crippen LogP contribution in [0.2, 0.25) is 5.02 Å². The Morgan fingerprint density at radius 1 is 1.10 bits per heavy atom. The molecular formula is C15H12ClN3O. The summed E-state index contributed by atoms with van der Waals surface area (Å²) in [6, 6.07) is 15.2. The Labute approximate surface area is 121 Å². The van der Waals surface area contributed by atoms with Gasteiger partial charge in [0.05, 0.1) is 10.6 Å². The van der Waals surface area contributed by atoms with Crippen molar-refractivity contribution >= 4 is 11.6 Å². The number of hydrogen-bond acceptors (Lipinski definition) is 4. The third-order valence-corrected chi connectivity index (χ3v) is 3.27. The lowest BCUT2D eigenvalue weighted by Gasteiger charge is -2.01. The number of hydrogen-bond donors (Lipinski definition) is 1. The van der Waals surface area contributed by atoms with Crippen LogP contribution in [0.3, 0.4) is 0 Å². The van der Waals surface area contributed by atoms with E-state index in [0.717, 1.165) is 11.1 Å². The second kappa shape index (κ2) is 5.45. The third kappa shape index (κ3) is 2.43. The van der Waals surface area contributed by atoms with Gasteiger partial charge in [-0.1, -0.05) is 53.2 Å². The van der Waals surface area contributed by atoms with Crippen molar-refractivity contribution < 1.29 is 4.52 Å². The SMILES string of the molecule is NCc1ccc(-c2nc(-c3ccccc3)no2)c(Cl)c1. The van der Waals surface area contributed by atoms with E-state index < -0.39 is 0 Å². The monoisotopic (exact) mass is 285 g/mol. The van der Waals surface area contributed by atoms with Gasteiger partial charge < -0.3 is 10.3 Å². The molecule has 0 unspecified atom stereocenters. The molecule has 20 heavy (non-hydrogen) atoms. The average molecular weight is 286 g/mol. The van der Waals surface area contributed by atoms with Crippen molar-refractivity contribution in [3.63, 3.8) is 0 Å². The topological polar surface area (TPSA) is 64.9 Å². The van der Waals surface area contributed by atoms with E-state index in [1.807, 2.05) is 48.5 Å². The molecule has 1 aromatic heterocycles. The van der Waals surface area contributed by atoms with E-state index in [-0.39, 0.29) is 0 Å². The van der Waals surface area contributed by atoms with Gasteiger partial charge in [-0.05, 0) is 17.7 Å². The largest absolute Gasteiger partial charge is 0.334 e. The van der Waals surface area contributed by atoms with E-state index in [1.54, 1.807) is 0 Å². The zero-order valence-corrected chi connectivity index (χ0v) is 11.3. The molecule has 0 bridgehead atoms. The predicted octanol–water partition coefficient (Wildman–Crippen LogP) is 3.52. The minimum atomic E-state index is 0.400. The molecule has 0 aliphatic heterocycles. The lowest BCUT2D eigenvalue weighted by molar-refractivity contribution is 0.432. The highest BCUT2D eigenvalue weighted by molar-refractivity contribution is 6.33. The van der Waals surface area contributed by atoms with Gasteiger partial charge in [0.1, 0.15) is 0 Å². The van der Waals surface area contributed by atoms with E-state index in [1.165, 1.54) is 0 Å². The van der Waals surface area contributed by atoms with E-state index in [0.29, 0.717) is 28.8 Å². The number of rotatable bonds is 3. The van der Waals surface area contributed by atoms with Gasteiger partial charge >= 0.3 is 0 Å². The third-order valence-electron chi connectivity index (χ3n) is 2.96. The number of benzene rings is 2. The highest BCUT2D eigenvalue weighted by atomic mass is 35.5. The molecule has 2 aromatic carbocycles. The van der Waals surface area contributed by atoms with Crippen LogP contribution >= 0.6 is 11.6 Å². The maximum atomic E-state index is 6.21. The van der Waals surface area contributed by atoms with Crippen LogP contribution < -0.4 is 5.73 Å². The minimum Gasteiger partial charge on any atom is -0.334 e. The minimum absolute atomic E-state index is 0.400. The molecule has 3 rings (SSSR count). The normalized spacial score (nSPS) is 10.7. The molecule has 0 aliphatic carbocycles. The number of nitrogens with two attached hydrogens (primary N) is 1. The summed E-state index contributed by atoms with van der Waals surface area (Å²) in [7, 11) is 0. The summed E-state index contributed by atoms with van der Waals surface area (Å²) in [5.74, 6) is 0.942. The van der Waals surface area contributed by atoms with Crippen molar-refractivity contribution in [1.82, 2.24) is 10.1 Å². The molecule has 1 heterocycles. The van der Waals surface area contributed by atoms with Gasteiger partial charge in [-0.15, -0.1) is 0 Å². The van der Waals surface area contributed by atoms with Crippen molar-refractivity contribution in [3.05, 3.63) is 59.1 Å². The Morgan fingerprint density at radius 3 is 2.60 bits per heavy atom. The van der Waals surface area contributed by atoms with Gasteiger partial charge in [0, 0.05) is 12.1 Å². The highest BCUT2D eigenvalue weighted by Crippen LogP contribution is 2.29. The fourth-order valence-electron chi connectivity index (χ4n) is 1.90. The second-order valence-corrected chi connectivity index (χ2v) is 4.71. The van der Waals surface area contributed by atoms with E-state index in [9.17, 15) is 0 Å². The lowest BCUT2D eigenvalue weighted by atomic mass is 10.1. The first-order chi connectivity index (χ1) is 9.78. The summed E-state index contributed by atoms with van der Waals surface area (Å²) in [4.78, 5) is 4.37. The molecule has 0 aliphatic rings. The summed E-state index contributed by atoms with van der Waals surface area (Å²) in [6.45, 7) is 0.444. The van der Waals surface area contributed by atoms with Crippen LogP contribution in [0.25, 0.3) is 22.8 Å². The zero-order chi connectivity index (χ0) is 13.9. The molecule has 0 atom stereocenters. The van der Waals surface area contributed by atoms with Crippen LogP contribution in [0.4, 0.5) is 0 Å². The summed E-state index contributed by atoms with van der Waals surface area (Å²) < 4.78 is 5.28. The molecule has 0 saturated carbocycles. The molecule has 100 valence electrons. The van der Waals surface area contributed by atoms with Gasteiger partial charge in [-0.3, -0.25) is 0 Å². The average Bonchev–Trinajstić information content (AvgIpc) is 2.97. The van der Waals surface area contributed by atoms with Crippen molar-refractivity contribution in [2.75, 3.05) is 0 Å². The van der Waals surface area contributed by atoms with Gasteiger partial charge in [0.15, 0.2) is 0 Å². The van der Waals surface area contributed by atoms with Crippen molar-refractivity contribution in [1.29, 1.82) is 0 Å². The van der Waals surface area contributed by atoms with Gasteiger partial charge in [0.2, 0.25) is 5.82 Å². The first-order valence-corrected chi connectivity index (χ1v) is 6.53. The lowest BCUT2D eigenvalue weighted by Crippen LogP contribution is -1.96. The summed E-state index contributed by atoms with van der Waals surface area (Å²) in [5.41, 5.74) is 8.14. The van der Waals surface area contributed by atoms with Gasteiger partial charge in [0.25, 0.3) is 5.89 Å². The first-order valence-electron chi connectivity index (χ1n) is 6.16. The Balaban J connectivity index is 1.98. The molecule has 3 aromatic rings. The van der Waals surface area contributed by atoms with Crippen molar-refractivity contribution in [3.8, 4) is 22.8 Å². The van der Waals surface area contributed by atoms with Gasteiger partial charge in [-0.25, -0.2) is 0 Å². The molecular weight excluding hydrogens is 274 g/mol. The Bertz CT molecular complexity index is 725. The fourth-order valence-corrected chi connectivity index (χ4v) is 2.18. The van der Waals surface area contributed by atoms with Gasteiger partial charge in [-0.2, -0.15) is 4.98 Å². The zero-order valence-electron chi connectivity index (χ0n) is 10.6. The molecule has 2 N–H and O–H groups in total. The molecule has 0 spiro atoms. The number of nitrogens with zero attached hydrogens (tertiary/aromatic N) is 2. The van der Waals surface area contributed by atoms with Crippen LogP contribution in [-0.4, -0.2) is 10.1 Å². The van der Waals surface area contributed by atoms with Crippen molar-refractivity contribution in [2.45, 2.75) is 6.54 Å². The highest BCUT2D eigenvalue weighted by Gasteiger charge is 2.13. The molecule has 5 heteroatoms. The smallest absolute Gasteiger partial charge is 0.259 e. The Morgan fingerprint density at radius 2 is 1.90 bits per heavy atom. The Hall–Kier alpha value is -2.17. The van der Waals surface area contributed by atoms with Crippen LogP contribution in [0, 0.1) is 0 Å². The standard InChI is InChI=1S/C15H12ClN3O/c16-13-8-10(9-17)6-7-12(13)15-18-14(19-20-15)11-4-2-1-3-5-11/h1-8H,9,17H2. The van der Waals surface area contributed by atoms with E-state index in [4.69, 9.17) is 21.9 Å². The fraction of sp³-hybridized carbons (Fsp3) is 0.0667. The summed E-state index contributed by atoms with van der Waals surface area (Å²) >= 11 is 6.21. The van der Waals surface area contributed by atoms with Crippen LogP contribution in [0.15, 0.2) is 53.1 Å². The Kier molecular flexibility index (Phi) is 3.50. The quantitative estimate of drug-likeness (QED) is 0.800. The number of aromatic nitrogens is 2. The molecule has 0 radical (unpaired) electrons. The van der Waals surface area contributed by atoms with Crippen LogP contribution in [0.1, 0.15) is 5.56 Å². The first kappa shape index (κ1) is 12.8.